The molecule has 7 nitrogen and oxygen atoms in total. The molecule has 28 heavy (non-hydrogen) atoms. The monoisotopic (exact) mass is 384 g/mol. The standard InChI is InChI=1S/C21H24N2O5/c1-3-28-17-12-8-7-11-16(17)19(25)22-13-18(24)23-14-21(2,20(26)27)15-9-5-4-6-10-15/h4-12H,3,13-14H2,1-2H3,(H,22,25)(H,23,24)(H,26,27). The van der Waals surface area contributed by atoms with E-state index in [0.29, 0.717) is 23.5 Å². The highest BCUT2D eigenvalue weighted by molar-refractivity contribution is 5.98. The van der Waals surface area contributed by atoms with Crippen LogP contribution in [0.4, 0.5) is 0 Å². The third-order valence-corrected chi connectivity index (χ3v) is 4.36. The molecule has 0 saturated carbocycles. The van der Waals surface area contributed by atoms with E-state index in [-0.39, 0.29) is 13.1 Å². The van der Waals surface area contributed by atoms with Crippen molar-refractivity contribution in [3.63, 3.8) is 0 Å². The Labute approximate surface area is 163 Å². The zero-order valence-electron chi connectivity index (χ0n) is 15.9. The summed E-state index contributed by atoms with van der Waals surface area (Å²) in [7, 11) is 0. The maximum atomic E-state index is 12.3. The summed E-state index contributed by atoms with van der Waals surface area (Å²) in [6, 6.07) is 15.4. The van der Waals surface area contributed by atoms with Crippen molar-refractivity contribution < 1.29 is 24.2 Å². The summed E-state index contributed by atoms with van der Waals surface area (Å²) in [4.78, 5) is 36.2. The Morgan fingerprint density at radius 3 is 2.29 bits per heavy atom. The SMILES string of the molecule is CCOc1ccccc1C(=O)NCC(=O)NCC(C)(C(=O)O)c1ccccc1. The van der Waals surface area contributed by atoms with E-state index in [2.05, 4.69) is 10.6 Å². The van der Waals surface area contributed by atoms with Crippen molar-refractivity contribution in [1.82, 2.24) is 10.6 Å². The molecule has 0 aliphatic rings. The molecule has 0 spiro atoms. The van der Waals surface area contributed by atoms with Crippen molar-refractivity contribution in [3.05, 3.63) is 65.7 Å². The third kappa shape index (κ3) is 5.09. The molecule has 0 aliphatic heterocycles. The van der Waals surface area contributed by atoms with Crippen molar-refractivity contribution in [1.29, 1.82) is 0 Å². The van der Waals surface area contributed by atoms with Crippen LogP contribution in [0.25, 0.3) is 0 Å². The zero-order chi connectivity index (χ0) is 20.6. The number of hydrogen-bond donors (Lipinski definition) is 3. The number of carbonyl (C=O) groups is 3. The third-order valence-electron chi connectivity index (χ3n) is 4.36. The van der Waals surface area contributed by atoms with Gasteiger partial charge in [0.2, 0.25) is 5.91 Å². The number of hydrogen-bond acceptors (Lipinski definition) is 4. The fourth-order valence-electron chi connectivity index (χ4n) is 2.64. The second-order valence-corrected chi connectivity index (χ2v) is 6.39. The molecule has 0 heterocycles. The van der Waals surface area contributed by atoms with Gasteiger partial charge in [-0.25, -0.2) is 0 Å². The minimum atomic E-state index is -1.28. The van der Waals surface area contributed by atoms with Crippen molar-refractivity contribution in [2.75, 3.05) is 19.7 Å². The van der Waals surface area contributed by atoms with Crippen LogP contribution < -0.4 is 15.4 Å². The maximum absolute atomic E-state index is 12.3. The van der Waals surface area contributed by atoms with Crippen LogP contribution in [0.3, 0.4) is 0 Å². The van der Waals surface area contributed by atoms with Gasteiger partial charge in [0.15, 0.2) is 0 Å². The molecule has 2 aromatic carbocycles. The van der Waals surface area contributed by atoms with Gasteiger partial charge in [0.1, 0.15) is 11.2 Å². The molecular formula is C21H24N2O5. The van der Waals surface area contributed by atoms with E-state index in [1.165, 1.54) is 0 Å². The van der Waals surface area contributed by atoms with Crippen LogP contribution in [0.15, 0.2) is 54.6 Å². The van der Waals surface area contributed by atoms with E-state index in [0.717, 1.165) is 0 Å². The van der Waals surface area contributed by atoms with Gasteiger partial charge in [0, 0.05) is 6.54 Å². The molecular weight excluding hydrogens is 360 g/mol. The van der Waals surface area contributed by atoms with Crippen LogP contribution in [0.2, 0.25) is 0 Å². The van der Waals surface area contributed by atoms with Gasteiger partial charge in [0.05, 0.1) is 18.7 Å². The molecule has 0 radical (unpaired) electrons. The first kappa shape index (κ1) is 21.0. The highest BCUT2D eigenvalue weighted by Gasteiger charge is 2.35. The molecule has 2 rings (SSSR count). The molecule has 2 amide bonds. The van der Waals surface area contributed by atoms with E-state index >= 15 is 0 Å². The van der Waals surface area contributed by atoms with E-state index < -0.39 is 23.2 Å². The van der Waals surface area contributed by atoms with Crippen LogP contribution in [-0.4, -0.2) is 42.6 Å². The average Bonchev–Trinajstić information content (AvgIpc) is 2.71. The number of rotatable bonds is 9. The Kier molecular flexibility index (Phi) is 7.14. The van der Waals surface area contributed by atoms with Crippen LogP contribution in [0.1, 0.15) is 29.8 Å². The Bertz CT molecular complexity index is 838. The topological polar surface area (TPSA) is 105 Å². The Morgan fingerprint density at radius 1 is 1.00 bits per heavy atom. The predicted octanol–water partition coefficient (Wildman–Crippen LogP) is 1.97. The number of nitrogens with one attached hydrogen (secondary N) is 2. The van der Waals surface area contributed by atoms with E-state index in [1.54, 1.807) is 61.5 Å². The molecule has 148 valence electrons. The number of ether oxygens (including phenoxy) is 1. The second-order valence-electron chi connectivity index (χ2n) is 6.39. The molecule has 0 fully saturated rings. The lowest BCUT2D eigenvalue weighted by Gasteiger charge is -2.25. The van der Waals surface area contributed by atoms with Gasteiger partial charge in [-0.2, -0.15) is 0 Å². The minimum absolute atomic E-state index is 0.101. The predicted molar refractivity (Wildman–Crippen MR) is 104 cm³/mol. The number of benzene rings is 2. The number of carbonyl (C=O) groups excluding carboxylic acids is 2. The van der Waals surface area contributed by atoms with Gasteiger partial charge < -0.3 is 20.5 Å². The summed E-state index contributed by atoms with van der Waals surface area (Å²) in [6.45, 7) is 3.40. The lowest BCUT2D eigenvalue weighted by molar-refractivity contribution is -0.143. The van der Waals surface area contributed by atoms with Crippen LogP contribution >= 0.6 is 0 Å². The normalized spacial score (nSPS) is 12.5. The molecule has 0 bridgehead atoms. The smallest absolute Gasteiger partial charge is 0.315 e. The van der Waals surface area contributed by atoms with Crippen molar-refractivity contribution in [2.24, 2.45) is 0 Å². The average molecular weight is 384 g/mol. The summed E-state index contributed by atoms with van der Waals surface area (Å²) in [5.41, 5.74) is -0.364. The Hall–Kier alpha value is -3.35. The van der Waals surface area contributed by atoms with Gasteiger partial charge in [-0.3, -0.25) is 14.4 Å². The summed E-state index contributed by atoms with van der Waals surface area (Å²) < 4.78 is 5.41. The van der Waals surface area contributed by atoms with E-state index in [4.69, 9.17) is 4.74 Å². The summed E-state index contributed by atoms with van der Waals surface area (Å²) in [6.07, 6.45) is 0. The summed E-state index contributed by atoms with van der Waals surface area (Å²) in [5.74, 6) is -1.53. The van der Waals surface area contributed by atoms with Gasteiger partial charge in [0.25, 0.3) is 5.91 Å². The van der Waals surface area contributed by atoms with Crippen molar-refractivity contribution >= 4 is 17.8 Å². The molecule has 7 heteroatoms. The number of para-hydroxylation sites is 1. The molecule has 1 atom stereocenters. The minimum Gasteiger partial charge on any atom is -0.493 e. The summed E-state index contributed by atoms with van der Waals surface area (Å²) in [5, 5.41) is 14.7. The van der Waals surface area contributed by atoms with Crippen molar-refractivity contribution in [2.45, 2.75) is 19.3 Å². The van der Waals surface area contributed by atoms with Crippen LogP contribution in [0.5, 0.6) is 5.75 Å². The molecule has 0 saturated heterocycles. The van der Waals surface area contributed by atoms with Gasteiger partial charge in [-0.15, -0.1) is 0 Å². The number of carboxylic acid groups (broad SMARTS) is 1. The molecule has 2 aromatic rings. The molecule has 0 aliphatic carbocycles. The lowest BCUT2D eigenvalue weighted by atomic mass is 9.82. The first-order chi connectivity index (χ1) is 13.4. The Balaban J connectivity index is 1.95. The van der Waals surface area contributed by atoms with Crippen LogP contribution in [-0.2, 0) is 15.0 Å². The van der Waals surface area contributed by atoms with Gasteiger partial charge >= 0.3 is 5.97 Å². The fraction of sp³-hybridized carbons (Fsp3) is 0.286. The Morgan fingerprint density at radius 2 is 1.64 bits per heavy atom. The highest BCUT2D eigenvalue weighted by Crippen LogP contribution is 2.23. The van der Waals surface area contributed by atoms with E-state index in [1.807, 2.05) is 6.92 Å². The quantitative estimate of drug-likeness (QED) is 0.613. The molecule has 3 N–H and O–H groups in total. The largest absolute Gasteiger partial charge is 0.493 e. The highest BCUT2D eigenvalue weighted by atomic mass is 16.5. The maximum Gasteiger partial charge on any atom is 0.315 e. The van der Waals surface area contributed by atoms with Crippen LogP contribution in [0, 0.1) is 0 Å². The molecule has 0 aromatic heterocycles. The second kappa shape index (κ2) is 9.55. The first-order valence-corrected chi connectivity index (χ1v) is 8.94. The number of amides is 2. The molecule has 1 unspecified atom stereocenters. The van der Waals surface area contributed by atoms with Gasteiger partial charge in [-0.1, -0.05) is 42.5 Å². The van der Waals surface area contributed by atoms with E-state index in [9.17, 15) is 19.5 Å². The lowest BCUT2D eigenvalue weighted by Crippen LogP contribution is -2.47. The number of carboxylic acids is 1. The van der Waals surface area contributed by atoms with Crippen molar-refractivity contribution in [3.8, 4) is 5.75 Å². The summed E-state index contributed by atoms with van der Waals surface area (Å²) >= 11 is 0. The first-order valence-electron chi connectivity index (χ1n) is 8.94. The van der Waals surface area contributed by atoms with Gasteiger partial charge in [-0.05, 0) is 31.5 Å². The zero-order valence-corrected chi connectivity index (χ0v) is 15.9. The fourth-order valence-corrected chi connectivity index (χ4v) is 2.64. The number of aliphatic carboxylic acids is 1.